The van der Waals surface area contributed by atoms with Gasteiger partial charge in [-0.25, -0.2) is 15.0 Å². The first-order valence-corrected chi connectivity index (χ1v) is 22.1. The van der Waals surface area contributed by atoms with Crippen LogP contribution in [0.1, 0.15) is 58.9 Å². The van der Waals surface area contributed by atoms with Gasteiger partial charge in [0.15, 0.2) is 23.2 Å². The summed E-state index contributed by atoms with van der Waals surface area (Å²) in [4.78, 5) is 17.5. The first-order valence-electron chi connectivity index (χ1n) is 22.1. The second kappa shape index (κ2) is 18.1. The molecule has 10 heteroatoms. The molecular weight excluding hydrogens is 797 g/mol. The normalized spacial score (nSPS) is 18.0. The van der Waals surface area contributed by atoms with Crippen LogP contribution in [0, 0.1) is 0 Å². The van der Waals surface area contributed by atoms with Crippen LogP contribution in [-0.2, 0) is 20.6 Å². The van der Waals surface area contributed by atoms with E-state index in [1.807, 2.05) is 54.9 Å². The molecule has 1 N–H and O–H groups in total. The Morgan fingerprint density at radius 1 is 0.594 bits per heavy atom. The lowest BCUT2D eigenvalue weighted by molar-refractivity contribution is -0.0809. The maximum atomic E-state index is 7.37. The molecular formula is C54H52N6O4. The third-order valence-corrected chi connectivity index (χ3v) is 13.0. The molecule has 0 bridgehead atoms. The molecule has 0 saturated carbocycles. The van der Waals surface area contributed by atoms with Crippen molar-refractivity contribution < 1.29 is 18.9 Å². The standard InChI is InChI=1S/C54H52N6O4/c1-61-45-29-25-41(26-30-45)53(39-17-7-3-8-18-39,40-19-9-4-10-20-40)58-50-49-51(56-37-55-50)60(38-57-49)52-48(59-33-15-16-34-59)35-47(64-52)36-63-54(42-21-11-5-12-22-42,43-23-13-6-14-24-43)44-27-31-46(62-2)32-28-44/h3-14,17-32,37-38,47-48,52H,15-16,33-36H2,1-2H3,(H,55,56,58)/t47-,48+,52+/m0/s1. The Hall–Kier alpha value is -6.85. The summed E-state index contributed by atoms with van der Waals surface area (Å²) in [5.74, 6) is 2.18. The number of anilines is 1. The minimum absolute atomic E-state index is 0.0794. The van der Waals surface area contributed by atoms with Gasteiger partial charge in [0.05, 0.1) is 39.3 Å². The molecule has 64 heavy (non-hydrogen) atoms. The Labute approximate surface area is 374 Å². The average Bonchev–Trinajstić information content (AvgIpc) is 4.16. The third-order valence-electron chi connectivity index (χ3n) is 13.0. The number of fused-ring (bicyclic) bond motifs is 1. The van der Waals surface area contributed by atoms with Crippen LogP contribution in [0.15, 0.2) is 183 Å². The molecule has 3 atom stereocenters. The molecule has 10 rings (SSSR count). The summed E-state index contributed by atoms with van der Waals surface area (Å²) in [6.45, 7) is 2.37. The van der Waals surface area contributed by atoms with Crippen LogP contribution in [0.2, 0.25) is 0 Å². The molecule has 2 aliphatic rings. The lowest BCUT2D eigenvalue weighted by Gasteiger charge is -2.37. The summed E-state index contributed by atoms with van der Waals surface area (Å²) < 4.78 is 27.8. The van der Waals surface area contributed by atoms with Crippen LogP contribution in [0.4, 0.5) is 5.82 Å². The number of imidazole rings is 1. The summed E-state index contributed by atoms with van der Waals surface area (Å²) in [5, 5.41) is 3.94. The largest absolute Gasteiger partial charge is 0.497 e. The van der Waals surface area contributed by atoms with Gasteiger partial charge in [-0.2, -0.15) is 0 Å². The zero-order valence-electron chi connectivity index (χ0n) is 36.2. The zero-order chi connectivity index (χ0) is 43.4. The minimum atomic E-state index is -0.914. The molecule has 322 valence electrons. The van der Waals surface area contributed by atoms with E-state index >= 15 is 0 Å². The van der Waals surface area contributed by atoms with Crippen molar-refractivity contribution in [1.82, 2.24) is 24.4 Å². The van der Waals surface area contributed by atoms with Crippen LogP contribution in [-0.4, -0.2) is 70.5 Å². The van der Waals surface area contributed by atoms with Crippen molar-refractivity contribution in [1.29, 1.82) is 0 Å². The minimum Gasteiger partial charge on any atom is -0.497 e. The Kier molecular flexibility index (Phi) is 11.6. The molecule has 10 nitrogen and oxygen atoms in total. The molecule has 0 spiro atoms. The second-order valence-corrected chi connectivity index (χ2v) is 16.5. The molecule has 0 unspecified atom stereocenters. The molecule has 4 heterocycles. The third kappa shape index (κ3) is 7.57. The average molecular weight is 849 g/mol. The maximum absolute atomic E-state index is 7.37. The Bertz CT molecular complexity index is 2670. The maximum Gasteiger partial charge on any atom is 0.167 e. The molecule has 0 amide bonds. The highest BCUT2D eigenvalue weighted by atomic mass is 16.6. The van der Waals surface area contributed by atoms with Gasteiger partial charge in [0.2, 0.25) is 0 Å². The van der Waals surface area contributed by atoms with Gasteiger partial charge < -0.3 is 24.3 Å². The Balaban J connectivity index is 1.03. The fourth-order valence-corrected chi connectivity index (χ4v) is 9.87. The summed E-state index contributed by atoms with van der Waals surface area (Å²) in [5.41, 5.74) is 5.77. The number of rotatable bonds is 15. The number of likely N-dealkylation sites (tertiary alicyclic amines) is 1. The van der Waals surface area contributed by atoms with Gasteiger partial charge >= 0.3 is 0 Å². The highest BCUT2D eigenvalue weighted by Crippen LogP contribution is 2.45. The first kappa shape index (κ1) is 41.2. The van der Waals surface area contributed by atoms with Crippen LogP contribution >= 0.6 is 0 Å². The molecule has 0 aliphatic carbocycles. The van der Waals surface area contributed by atoms with Crippen LogP contribution in [0.3, 0.4) is 0 Å². The first-order chi connectivity index (χ1) is 31.6. The van der Waals surface area contributed by atoms with Crippen molar-refractivity contribution in [3.05, 3.63) is 216 Å². The van der Waals surface area contributed by atoms with E-state index in [4.69, 9.17) is 33.9 Å². The lowest BCUT2D eigenvalue weighted by atomic mass is 9.77. The van der Waals surface area contributed by atoms with Crippen molar-refractivity contribution in [2.75, 3.05) is 39.2 Å². The topological polar surface area (TPSA) is 95.8 Å². The molecule has 8 aromatic rings. The van der Waals surface area contributed by atoms with Crippen molar-refractivity contribution in [2.24, 2.45) is 0 Å². The molecule has 2 aliphatic heterocycles. The molecule has 2 fully saturated rings. The van der Waals surface area contributed by atoms with E-state index in [-0.39, 0.29) is 18.4 Å². The quantitative estimate of drug-likeness (QED) is 0.101. The Morgan fingerprint density at radius 2 is 1.08 bits per heavy atom. The van der Waals surface area contributed by atoms with Crippen molar-refractivity contribution in [3.8, 4) is 11.5 Å². The number of nitrogens with one attached hydrogen (secondary N) is 1. The highest BCUT2D eigenvalue weighted by molar-refractivity contribution is 5.84. The number of aromatic nitrogens is 4. The van der Waals surface area contributed by atoms with Gasteiger partial charge in [0.25, 0.3) is 0 Å². The monoisotopic (exact) mass is 848 g/mol. The SMILES string of the molecule is COc1ccc(C(Nc2ncnc3c2ncn3[C@@H]2O[C@H](COC(c3ccccc3)(c3ccccc3)c3ccc(OC)cc3)C[C@H]2N2CCCC2)(c2ccccc2)c2ccccc2)cc1. The van der Waals surface area contributed by atoms with Gasteiger partial charge in [-0.05, 0) is 90.0 Å². The molecule has 2 saturated heterocycles. The number of nitrogens with zero attached hydrogens (tertiary/aromatic N) is 5. The van der Waals surface area contributed by atoms with E-state index in [2.05, 4.69) is 136 Å². The van der Waals surface area contributed by atoms with Crippen LogP contribution in [0.5, 0.6) is 11.5 Å². The number of hydrogen-bond acceptors (Lipinski definition) is 9. The van der Waals surface area contributed by atoms with E-state index in [1.54, 1.807) is 20.5 Å². The number of ether oxygens (including phenoxy) is 4. The highest BCUT2D eigenvalue weighted by Gasteiger charge is 2.45. The van der Waals surface area contributed by atoms with Crippen LogP contribution in [0.25, 0.3) is 11.2 Å². The van der Waals surface area contributed by atoms with E-state index in [0.29, 0.717) is 23.6 Å². The molecule has 2 aromatic heterocycles. The number of benzene rings is 6. The summed E-state index contributed by atoms with van der Waals surface area (Å²) in [6, 6.07) is 58.4. The van der Waals surface area contributed by atoms with Gasteiger partial charge in [-0.1, -0.05) is 146 Å². The van der Waals surface area contributed by atoms with E-state index in [1.165, 1.54) is 0 Å². The van der Waals surface area contributed by atoms with Gasteiger partial charge in [0.1, 0.15) is 29.0 Å². The summed E-state index contributed by atoms with van der Waals surface area (Å²) in [7, 11) is 3.38. The fourth-order valence-electron chi connectivity index (χ4n) is 9.87. The van der Waals surface area contributed by atoms with Crippen molar-refractivity contribution >= 4 is 17.0 Å². The predicted molar refractivity (Wildman–Crippen MR) is 250 cm³/mol. The zero-order valence-corrected chi connectivity index (χ0v) is 36.2. The van der Waals surface area contributed by atoms with Crippen molar-refractivity contribution in [2.45, 2.75) is 48.8 Å². The van der Waals surface area contributed by atoms with Gasteiger partial charge in [0, 0.05) is 0 Å². The van der Waals surface area contributed by atoms with E-state index in [0.717, 1.165) is 77.2 Å². The number of hydrogen-bond donors (Lipinski definition) is 1. The number of methoxy groups -OCH3 is 2. The van der Waals surface area contributed by atoms with Crippen molar-refractivity contribution in [3.63, 3.8) is 0 Å². The molecule has 0 radical (unpaired) electrons. The van der Waals surface area contributed by atoms with Gasteiger partial charge in [-0.15, -0.1) is 0 Å². The fraction of sp³-hybridized carbons (Fsp3) is 0.241. The molecule has 6 aromatic carbocycles. The summed E-state index contributed by atoms with van der Waals surface area (Å²) in [6.07, 6.45) is 6.00. The van der Waals surface area contributed by atoms with E-state index < -0.39 is 11.1 Å². The lowest BCUT2D eigenvalue weighted by Crippen LogP contribution is -2.38. The predicted octanol–water partition coefficient (Wildman–Crippen LogP) is 10.0. The van der Waals surface area contributed by atoms with Gasteiger partial charge in [-0.3, -0.25) is 9.47 Å². The Morgan fingerprint density at radius 3 is 1.61 bits per heavy atom. The van der Waals surface area contributed by atoms with Crippen LogP contribution < -0.4 is 14.8 Å². The second-order valence-electron chi connectivity index (χ2n) is 16.5. The smallest absolute Gasteiger partial charge is 0.167 e. The van der Waals surface area contributed by atoms with E-state index in [9.17, 15) is 0 Å². The summed E-state index contributed by atoms with van der Waals surface area (Å²) >= 11 is 0.